The van der Waals surface area contributed by atoms with Gasteiger partial charge >= 0.3 is 0 Å². The molecule has 2 N–H and O–H groups in total. The molecule has 2 aliphatic rings. The van der Waals surface area contributed by atoms with E-state index in [4.69, 9.17) is 11.6 Å². The number of halogens is 2. The van der Waals surface area contributed by atoms with Crippen LogP contribution in [0.4, 0.5) is 0 Å². The number of benzene rings is 1. The second-order valence-corrected chi connectivity index (χ2v) is 9.75. The molecule has 0 aromatic heterocycles. The number of hydrogen-bond acceptors (Lipinski definition) is 3. The SMILES string of the molecule is CN=C(NCC1CCCN(C(C)C)C1)NCC1CCCN(C)C1c1cccc(Cl)c1.I. The van der Waals surface area contributed by atoms with Gasteiger partial charge in [0.2, 0.25) is 0 Å². The van der Waals surface area contributed by atoms with Crippen LogP contribution < -0.4 is 10.6 Å². The molecule has 2 heterocycles. The van der Waals surface area contributed by atoms with E-state index in [-0.39, 0.29) is 24.0 Å². The first-order chi connectivity index (χ1) is 14.5. The fourth-order valence-corrected chi connectivity index (χ4v) is 5.31. The van der Waals surface area contributed by atoms with E-state index in [0.29, 0.717) is 23.9 Å². The van der Waals surface area contributed by atoms with E-state index in [1.54, 1.807) is 0 Å². The van der Waals surface area contributed by atoms with Crippen molar-refractivity contribution in [1.29, 1.82) is 0 Å². The number of nitrogens with one attached hydrogen (secondary N) is 2. The molecule has 0 bridgehead atoms. The van der Waals surface area contributed by atoms with E-state index < -0.39 is 0 Å². The van der Waals surface area contributed by atoms with Crippen LogP contribution >= 0.6 is 35.6 Å². The van der Waals surface area contributed by atoms with Crippen molar-refractivity contribution in [3.63, 3.8) is 0 Å². The smallest absolute Gasteiger partial charge is 0.190 e. The maximum absolute atomic E-state index is 6.29. The first-order valence-electron chi connectivity index (χ1n) is 11.6. The molecule has 176 valence electrons. The Morgan fingerprint density at radius 1 is 1.16 bits per heavy atom. The zero-order chi connectivity index (χ0) is 21.5. The second-order valence-electron chi connectivity index (χ2n) is 9.31. The van der Waals surface area contributed by atoms with E-state index in [2.05, 4.69) is 64.5 Å². The van der Waals surface area contributed by atoms with Gasteiger partial charge in [-0.3, -0.25) is 9.89 Å². The molecule has 7 heteroatoms. The minimum atomic E-state index is 0. The minimum absolute atomic E-state index is 0. The summed E-state index contributed by atoms with van der Waals surface area (Å²) in [7, 11) is 4.10. The first-order valence-corrected chi connectivity index (χ1v) is 12.0. The van der Waals surface area contributed by atoms with Crippen LogP contribution in [0.2, 0.25) is 5.02 Å². The van der Waals surface area contributed by atoms with Gasteiger partial charge in [0.15, 0.2) is 5.96 Å². The van der Waals surface area contributed by atoms with Crippen LogP contribution in [0.3, 0.4) is 0 Å². The van der Waals surface area contributed by atoms with Gasteiger partial charge in [0.1, 0.15) is 0 Å². The number of aliphatic imine (C=N–C) groups is 1. The lowest BCUT2D eigenvalue weighted by Gasteiger charge is -2.40. The van der Waals surface area contributed by atoms with E-state index in [1.807, 2.05) is 13.1 Å². The van der Waals surface area contributed by atoms with Gasteiger partial charge in [0.05, 0.1) is 0 Å². The molecule has 3 unspecified atom stereocenters. The zero-order valence-corrected chi connectivity index (χ0v) is 22.7. The van der Waals surface area contributed by atoms with Crippen LogP contribution in [-0.2, 0) is 0 Å². The summed E-state index contributed by atoms with van der Waals surface area (Å²) in [5.74, 6) is 2.15. The lowest BCUT2D eigenvalue weighted by Crippen LogP contribution is -2.48. The summed E-state index contributed by atoms with van der Waals surface area (Å²) in [6.45, 7) is 10.1. The monoisotopic (exact) mass is 561 g/mol. The number of rotatable bonds is 6. The molecule has 0 saturated carbocycles. The molecule has 2 aliphatic heterocycles. The Hall–Kier alpha value is -0.570. The molecule has 2 saturated heterocycles. The van der Waals surface area contributed by atoms with Crippen LogP contribution in [0, 0.1) is 11.8 Å². The maximum atomic E-state index is 6.29. The lowest BCUT2D eigenvalue weighted by molar-refractivity contribution is 0.122. The molecule has 1 aromatic carbocycles. The molecule has 5 nitrogen and oxygen atoms in total. The standard InChI is InChI=1S/C24H40ClN5.HI/c1-18(2)30-13-6-8-19(17-30)15-27-24(26-3)28-16-21-10-7-12-29(4)23(21)20-9-5-11-22(25)14-20;/h5,9,11,14,18-19,21,23H,6-8,10,12-13,15-17H2,1-4H3,(H2,26,27,28);1H. The van der Waals surface area contributed by atoms with Crippen molar-refractivity contribution in [3.8, 4) is 0 Å². The number of guanidine groups is 1. The molecule has 31 heavy (non-hydrogen) atoms. The minimum Gasteiger partial charge on any atom is -0.356 e. The molecule has 3 atom stereocenters. The molecule has 0 radical (unpaired) electrons. The predicted molar refractivity (Wildman–Crippen MR) is 144 cm³/mol. The van der Waals surface area contributed by atoms with Gasteiger partial charge in [0.25, 0.3) is 0 Å². The Labute approximate surface area is 211 Å². The van der Waals surface area contributed by atoms with Gasteiger partial charge in [-0.1, -0.05) is 23.7 Å². The quantitative estimate of drug-likeness (QED) is 0.302. The summed E-state index contributed by atoms with van der Waals surface area (Å²) in [5.41, 5.74) is 1.32. The maximum Gasteiger partial charge on any atom is 0.190 e. The third kappa shape index (κ3) is 7.76. The Balaban J connectivity index is 0.00000341. The Kier molecular flexibility index (Phi) is 11.4. The van der Waals surface area contributed by atoms with E-state index in [0.717, 1.165) is 30.6 Å². The molecule has 2 fully saturated rings. The summed E-state index contributed by atoms with van der Waals surface area (Å²) >= 11 is 6.29. The normalized spacial score (nSPS) is 25.9. The number of hydrogen-bond donors (Lipinski definition) is 2. The van der Waals surface area contributed by atoms with Crippen molar-refractivity contribution in [2.45, 2.75) is 51.6 Å². The van der Waals surface area contributed by atoms with Gasteiger partial charge in [0, 0.05) is 43.8 Å². The van der Waals surface area contributed by atoms with Crippen LogP contribution in [0.15, 0.2) is 29.3 Å². The summed E-state index contributed by atoms with van der Waals surface area (Å²) in [5, 5.41) is 8.02. The summed E-state index contributed by atoms with van der Waals surface area (Å²) in [6, 6.07) is 9.38. The zero-order valence-electron chi connectivity index (χ0n) is 19.6. The van der Waals surface area contributed by atoms with E-state index in [1.165, 1.54) is 44.3 Å². The van der Waals surface area contributed by atoms with Crippen LogP contribution in [-0.4, -0.2) is 68.6 Å². The molecule has 0 aliphatic carbocycles. The van der Waals surface area contributed by atoms with Crippen molar-refractivity contribution in [2.75, 3.05) is 46.8 Å². The molecule has 3 rings (SSSR count). The average Bonchev–Trinajstić information content (AvgIpc) is 2.74. The van der Waals surface area contributed by atoms with Gasteiger partial charge in [-0.15, -0.1) is 24.0 Å². The molecule has 0 spiro atoms. The highest BCUT2D eigenvalue weighted by molar-refractivity contribution is 14.0. The molecular formula is C24H41ClIN5. The van der Waals surface area contributed by atoms with E-state index in [9.17, 15) is 0 Å². The third-order valence-electron chi connectivity index (χ3n) is 6.79. The Morgan fingerprint density at radius 2 is 1.90 bits per heavy atom. The van der Waals surface area contributed by atoms with Gasteiger partial charge in [-0.05, 0) is 89.2 Å². The van der Waals surface area contributed by atoms with Crippen molar-refractivity contribution in [2.24, 2.45) is 16.8 Å². The molecular weight excluding hydrogens is 521 g/mol. The number of nitrogens with zero attached hydrogens (tertiary/aromatic N) is 3. The van der Waals surface area contributed by atoms with Gasteiger partial charge in [-0.2, -0.15) is 0 Å². The summed E-state index contributed by atoms with van der Waals surface area (Å²) in [4.78, 5) is 9.56. The van der Waals surface area contributed by atoms with Gasteiger partial charge < -0.3 is 15.5 Å². The second kappa shape index (κ2) is 13.2. The first kappa shape index (κ1) is 26.7. The highest BCUT2D eigenvalue weighted by Gasteiger charge is 2.30. The predicted octanol–water partition coefficient (Wildman–Crippen LogP) is 4.63. The summed E-state index contributed by atoms with van der Waals surface area (Å²) in [6.07, 6.45) is 5.06. The topological polar surface area (TPSA) is 42.9 Å². The van der Waals surface area contributed by atoms with Crippen LogP contribution in [0.25, 0.3) is 0 Å². The van der Waals surface area contributed by atoms with Crippen LogP contribution in [0.1, 0.15) is 51.1 Å². The van der Waals surface area contributed by atoms with Crippen molar-refractivity contribution < 1.29 is 0 Å². The Morgan fingerprint density at radius 3 is 2.61 bits per heavy atom. The van der Waals surface area contributed by atoms with Crippen molar-refractivity contribution >= 4 is 41.5 Å². The highest BCUT2D eigenvalue weighted by atomic mass is 127. The van der Waals surface area contributed by atoms with Gasteiger partial charge in [-0.25, -0.2) is 0 Å². The van der Waals surface area contributed by atoms with Crippen molar-refractivity contribution in [3.05, 3.63) is 34.9 Å². The third-order valence-corrected chi connectivity index (χ3v) is 7.03. The summed E-state index contributed by atoms with van der Waals surface area (Å²) < 4.78 is 0. The van der Waals surface area contributed by atoms with Crippen LogP contribution in [0.5, 0.6) is 0 Å². The Bertz CT molecular complexity index is 698. The van der Waals surface area contributed by atoms with E-state index >= 15 is 0 Å². The fourth-order valence-electron chi connectivity index (χ4n) is 5.11. The highest BCUT2D eigenvalue weighted by Crippen LogP contribution is 2.35. The average molecular weight is 562 g/mol. The number of likely N-dealkylation sites (tertiary alicyclic amines) is 2. The lowest BCUT2D eigenvalue weighted by atomic mass is 9.85. The molecule has 0 amide bonds. The van der Waals surface area contributed by atoms with Crippen molar-refractivity contribution in [1.82, 2.24) is 20.4 Å². The largest absolute Gasteiger partial charge is 0.356 e. The molecule has 1 aromatic rings. The number of piperidine rings is 2. The fraction of sp³-hybridized carbons (Fsp3) is 0.708.